The molecule has 1 aromatic heterocycles. The number of benzene rings is 1. The molecule has 0 aliphatic rings. The van der Waals surface area contributed by atoms with Crippen LogP contribution in [0.1, 0.15) is 11.1 Å². The highest BCUT2D eigenvalue weighted by Crippen LogP contribution is 2.22. The minimum absolute atomic E-state index is 0.0837. The Balaban J connectivity index is 2.62. The van der Waals surface area contributed by atoms with E-state index >= 15 is 0 Å². The summed E-state index contributed by atoms with van der Waals surface area (Å²) in [5.41, 5.74) is 3.15. The van der Waals surface area contributed by atoms with Gasteiger partial charge in [-0.2, -0.15) is 0 Å². The van der Waals surface area contributed by atoms with Crippen molar-refractivity contribution in [3.05, 3.63) is 35.5 Å². The number of fused-ring (bicyclic) bond motifs is 1. The number of aryl methyl sites for hydroxylation is 2. The van der Waals surface area contributed by atoms with Crippen LogP contribution in [0.15, 0.2) is 24.4 Å². The van der Waals surface area contributed by atoms with Crippen molar-refractivity contribution >= 4 is 16.9 Å². The van der Waals surface area contributed by atoms with Crippen LogP contribution in [0.3, 0.4) is 0 Å². The van der Waals surface area contributed by atoms with Gasteiger partial charge < -0.3 is 9.67 Å². The summed E-state index contributed by atoms with van der Waals surface area (Å²) in [6, 6.07) is 6.07. The fourth-order valence-electron chi connectivity index (χ4n) is 1.88. The van der Waals surface area contributed by atoms with Gasteiger partial charge in [-0.1, -0.05) is 12.1 Å². The first-order chi connectivity index (χ1) is 7.08. The molecule has 0 radical (unpaired) electrons. The van der Waals surface area contributed by atoms with Gasteiger partial charge in [-0.05, 0) is 24.1 Å². The maximum atomic E-state index is 10.7. The third-order valence-electron chi connectivity index (χ3n) is 2.57. The first-order valence-electron chi connectivity index (χ1n) is 4.84. The molecule has 0 bridgehead atoms. The second kappa shape index (κ2) is 3.42. The molecule has 0 aliphatic carbocycles. The number of nitrogens with zero attached hydrogens (tertiary/aromatic N) is 1. The molecule has 0 saturated carbocycles. The number of hydrogen-bond acceptors (Lipinski definition) is 1. The molecule has 0 atom stereocenters. The van der Waals surface area contributed by atoms with Gasteiger partial charge in [0.05, 0.1) is 6.42 Å². The van der Waals surface area contributed by atoms with Crippen molar-refractivity contribution in [1.82, 2.24) is 4.57 Å². The summed E-state index contributed by atoms with van der Waals surface area (Å²) in [5, 5.41) is 9.81. The largest absolute Gasteiger partial charge is 0.481 e. The van der Waals surface area contributed by atoms with Crippen LogP contribution in [0, 0.1) is 6.92 Å². The van der Waals surface area contributed by atoms with Gasteiger partial charge in [-0.3, -0.25) is 4.79 Å². The van der Waals surface area contributed by atoms with Crippen LogP contribution in [0.25, 0.3) is 10.9 Å². The summed E-state index contributed by atoms with van der Waals surface area (Å²) >= 11 is 0. The van der Waals surface area contributed by atoms with Crippen LogP contribution in [-0.2, 0) is 18.3 Å². The van der Waals surface area contributed by atoms with Crippen molar-refractivity contribution in [2.45, 2.75) is 13.3 Å². The van der Waals surface area contributed by atoms with Crippen molar-refractivity contribution in [2.75, 3.05) is 0 Å². The summed E-state index contributed by atoms with van der Waals surface area (Å²) in [7, 11) is 1.94. The minimum atomic E-state index is -0.789. The fourth-order valence-corrected chi connectivity index (χ4v) is 1.88. The van der Waals surface area contributed by atoms with Crippen molar-refractivity contribution < 1.29 is 9.90 Å². The van der Waals surface area contributed by atoms with E-state index in [1.54, 1.807) is 0 Å². The maximum Gasteiger partial charge on any atom is 0.307 e. The van der Waals surface area contributed by atoms with Gasteiger partial charge in [0, 0.05) is 24.1 Å². The Morgan fingerprint density at radius 3 is 2.87 bits per heavy atom. The van der Waals surface area contributed by atoms with Gasteiger partial charge >= 0.3 is 5.97 Å². The molecule has 78 valence electrons. The molecule has 1 aromatic carbocycles. The van der Waals surface area contributed by atoms with E-state index < -0.39 is 5.97 Å². The SMILES string of the molecule is Cc1ccc2c(CC(=O)O)cn(C)c2c1. The zero-order valence-corrected chi connectivity index (χ0v) is 8.82. The Bertz CT molecular complexity index is 526. The first kappa shape index (κ1) is 9.77. The van der Waals surface area contributed by atoms with Crippen molar-refractivity contribution in [3.63, 3.8) is 0 Å². The third-order valence-corrected chi connectivity index (χ3v) is 2.57. The molecule has 1 heterocycles. The Labute approximate surface area is 87.9 Å². The molecule has 0 amide bonds. The van der Waals surface area contributed by atoms with Crippen LogP contribution in [0.2, 0.25) is 0 Å². The zero-order chi connectivity index (χ0) is 11.0. The molecule has 1 N–H and O–H groups in total. The lowest BCUT2D eigenvalue weighted by Crippen LogP contribution is -1.98. The quantitative estimate of drug-likeness (QED) is 0.812. The second-order valence-electron chi connectivity index (χ2n) is 3.86. The molecule has 0 saturated heterocycles. The Hall–Kier alpha value is -1.77. The summed E-state index contributed by atoms with van der Waals surface area (Å²) < 4.78 is 1.97. The zero-order valence-electron chi connectivity index (χ0n) is 8.82. The highest BCUT2D eigenvalue weighted by molar-refractivity contribution is 5.87. The molecule has 3 heteroatoms. The van der Waals surface area contributed by atoms with Crippen molar-refractivity contribution in [1.29, 1.82) is 0 Å². The molecule has 0 fully saturated rings. The van der Waals surface area contributed by atoms with Crippen LogP contribution >= 0.6 is 0 Å². The van der Waals surface area contributed by atoms with Gasteiger partial charge in [0.2, 0.25) is 0 Å². The molecule has 15 heavy (non-hydrogen) atoms. The van der Waals surface area contributed by atoms with E-state index in [0.717, 1.165) is 16.5 Å². The Morgan fingerprint density at radius 1 is 1.47 bits per heavy atom. The highest BCUT2D eigenvalue weighted by Gasteiger charge is 2.09. The topological polar surface area (TPSA) is 42.2 Å². The number of carboxylic acids is 1. The first-order valence-corrected chi connectivity index (χ1v) is 4.84. The lowest BCUT2D eigenvalue weighted by atomic mass is 10.1. The van der Waals surface area contributed by atoms with E-state index in [-0.39, 0.29) is 6.42 Å². The summed E-state index contributed by atoms with van der Waals surface area (Å²) in [6.07, 6.45) is 1.97. The molecule has 3 nitrogen and oxygen atoms in total. The van der Waals surface area contributed by atoms with E-state index in [1.807, 2.05) is 36.9 Å². The van der Waals surface area contributed by atoms with E-state index in [1.165, 1.54) is 5.56 Å². The Morgan fingerprint density at radius 2 is 2.20 bits per heavy atom. The van der Waals surface area contributed by atoms with E-state index in [2.05, 4.69) is 6.07 Å². The molecule has 2 rings (SSSR count). The summed E-state index contributed by atoms with van der Waals surface area (Å²) in [6.45, 7) is 2.03. The van der Waals surface area contributed by atoms with E-state index in [4.69, 9.17) is 5.11 Å². The smallest absolute Gasteiger partial charge is 0.307 e. The number of aliphatic carboxylic acids is 1. The van der Waals surface area contributed by atoms with Crippen LogP contribution < -0.4 is 0 Å². The van der Waals surface area contributed by atoms with Gasteiger partial charge in [0.25, 0.3) is 0 Å². The Kier molecular flexibility index (Phi) is 2.23. The van der Waals surface area contributed by atoms with Crippen molar-refractivity contribution in [3.8, 4) is 0 Å². The highest BCUT2D eigenvalue weighted by atomic mass is 16.4. The van der Waals surface area contributed by atoms with Gasteiger partial charge in [0.15, 0.2) is 0 Å². The molecular weight excluding hydrogens is 190 g/mol. The molecule has 0 spiro atoms. The summed E-state index contributed by atoms with van der Waals surface area (Å²) in [5.74, 6) is -0.789. The molecular formula is C12H13NO2. The van der Waals surface area contributed by atoms with Crippen molar-refractivity contribution in [2.24, 2.45) is 7.05 Å². The van der Waals surface area contributed by atoms with E-state index in [9.17, 15) is 4.79 Å². The average molecular weight is 203 g/mol. The average Bonchev–Trinajstić information content (AvgIpc) is 2.42. The number of rotatable bonds is 2. The summed E-state index contributed by atoms with van der Waals surface area (Å²) in [4.78, 5) is 10.7. The van der Waals surface area contributed by atoms with Gasteiger partial charge in [-0.25, -0.2) is 0 Å². The molecule has 0 aliphatic heterocycles. The fraction of sp³-hybridized carbons (Fsp3) is 0.250. The van der Waals surface area contributed by atoms with Crippen LogP contribution in [-0.4, -0.2) is 15.6 Å². The molecule has 0 unspecified atom stereocenters. The van der Waals surface area contributed by atoms with Gasteiger partial charge in [-0.15, -0.1) is 0 Å². The monoisotopic (exact) mass is 203 g/mol. The third kappa shape index (κ3) is 1.73. The number of carbonyl (C=O) groups is 1. The van der Waals surface area contributed by atoms with Crippen LogP contribution in [0.4, 0.5) is 0 Å². The van der Waals surface area contributed by atoms with E-state index in [0.29, 0.717) is 0 Å². The molecule has 2 aromatic rings. The lowest BCUT2D eigenvalue weighted by molar-refractivity contribution is -0.136. The number of aromatic nitrogens is 1. The van der Waals surface area contributed by atoms with Gasteiger partial charge in [0.1, 0.15) is 0 Å². The standard InChI is InChI=1S/C12H13NO2/c1-8-3-4-10-9(6-12(14)15)7-13(2)11(10)5-8/h3-5,7H,6H2,1-2H3,(H,14,15). The predicted molar refractivity (Wildman–Crippen MR) is 59.0 cm³/mol. The second-order valence-corrected chi connectivity index (χ2v) is 3.86. The number of hydrogen-bond donors (Lipinski definition) is 1. The lowest BCUT2D eigenvalue weighted by Gasteiger charge is -1.97. The minimum Gasteiger partial charge on any atom is -0.481 e. The van der Waals surface area contributed by atoms with Crippen LogP contribution in [0.5, 0.6) is 0 Å². The maximum absolute atomic E-state index is 10.7. The number of carboxylic acid groups (broad SMARTS) is 1. The normalized spacial score (nSPS) is 10.8. The predicted octanol–water partition coefficient (Wildman–Crippen LogP) is 2.11.